The number of carbonyl (C=O) groups is 1. The number of hydrogen-bond donors (Lipinski definition) is 1. The van der Waals surface area contributed by atoms with E-state index in [2.05, 4.69) is 20.8 Å². The van der Waals surface area contributed by atoms with Gasteiger partial charge in [0.05, 0.1) is 5.66 Å². The molecule has 0 aromatic carbocycles. The first kappa shape index (κ1) is 15.9. The SMILES string of the molecule is C[C@H]1CCC2C3CC[C@@]4(N)N(C)C(=O)CC[C@]4(C)C3CC[C@@]21C. The van der Waals surface area contributed by atoms with Gasteiger partial charge in [-0.15, -0.1) is 0 Å². The van der Waals surface area contributed by atoms with Gasteiger partial charge in [0.25, 0.3) is 0 Å². The zero-order valence-electron chi connectivity index (χ0n) is 15.4. The first-order valence-electron chi connectivity index (χ1n) is 9.79. The minimum Gasteiger partial charge on any atom is -0.327 e. The van der Waals surface area contributed by atoms with E-state index in [9.17, 15) is 4.79 Å². The zero-order chi connectivity index (χ0) is 16.6. The lowest BCUT2D eigenvalue weighted by molar-refractivity contribution is -0.184. The monoisotopic (exact) mass is 318 g/mol. The highest BCUT2D eigenvalue weighted by Crippen LogP contribution is 2.67. The fraction of sp³-hybridized carbons (Fsp3) is 0.950. The van der Waals surface area contributed by atoms with Crippen molar-refractivity contribution in [1.82, 2.24) is 4.90 Å². The summed E-state index contributed by atoms with van der Waals surface area (Å²) in [5, 5.41) is 0. The molecule has 1 amide bonds. The summed E-state index contributed by atoms with van der Waals surface area (Å²) >= 11 is 0. The maximum atomic E-state index is 12.3. The van der Waals surface area contributed by atoms with E-state index in [1.807, 2.05) is 11.9 Å². The van der Waals surface area contributed by atoms with Crippen LogP contribution in [0.4, 0.5) is 0 Å². The highest BCUT2D eigenvalue weighted by Gasteiger charge is 2.64. The molecule has 4 rings (SSSR count). The fourth-order valence-corrected chi connectivity index (χ4v) is 7.45. The lowest BCUT2D eigenvalue weighted by atomic mass is 9.45. The highest BCUT2D eigenvalue weighted by molar-refractivity contribution is 5.78. The Morgan fingerprint density at radius 2 is 1.78 bits per heavy atom. The van der Waals surface area contributed by atoms with Gasteiger partial charge < -0.3 is 10.6 Å². The topological polar surface area (TPSA) is 46.3 Å². The summed E-state index contributed by atoms with van der Waals surface area (Å²) in [7, 11) is 1.95. The molecule has 3 unspecified atom stereocenters. The summed E-state index contributed by atoms with van der Waals surface area (Å²) in [5.41, 5.74) is 7.19. The van der Waals surface area contributed by atoms with E-state index >= 15 is 0 Å². The molecule has 1 saturated heterocycles. The van der Waals surface area contributed by atoms with E-state index < -0.39 is 5.66 Å². The Hall–Kier alpha value is -0.570. The number of nitrogens with zero attached hydrogens (tertiary/aromatic N) is 1. The van der Waals surface area contributed by atoms with Crippen LogP contribution in [0.2, 0.25) is 0 Å². The van der Waals surface area contributed by atoms with Gasteiger partial charge in [0.2, 0.25) is 5.91 Å². The molecule has 1 aliphatic heterocycles. The number of piperidine rings is 1. The molecular weight excluding hydrogens is 284 g/mol. The predicted octanol–water partition coefficient (Wildman–Crippen LogP) is 3.77. The van der Waals surface area contributed by atoms with Crippen LogP contribution in [0.1, 0.15) is 72.1 Å². The van der Waals surface area contributed by atoms with E-state index in [1.165, 1.54) is 32.1 Å². The van der Waals surface area contributed by atoms with Crippen molar-refractivity contribution in [3.8, 4) is 0 Å². The normalized spacial score (nSPS) is 56.0. The van der Waals surface area contributed by atoms with Crippen molar-refractivity contribution in [2.75, 3.05) is 7.05 Å². The standard InChI is InChI=1S/C20H34N2O/c1-13-5-6-15-14-7-12-20(21)19(3,11-9-17(23)22(20)4)16(14)8-10-18(13,15)2/h13-16H,5-12,21H2,1-4H3/t13-,14?,15?,16?,18+,19+,20+/m0/s1. The number of rotatable bonds is 0. The van der Waals surface area contributed by atoms with Gasteiger partial charge in [-0.2, -0.15) is 0 Å². The van der Waals surface area contributed by atoms with Crippen LogP contribution in [0.25, 0.3) is 0 Å². The quantitative estimate of drug-likeness (QED) is 0.739. The second kappa shape index (κ2) is 4.74. The number of nitrogens with two attached hydrogens (primary N) is 1. The summed E-state index contributed by atoms with van der Waals surface area (Å²) < 4.78 is 0. The predicted molar refractivity (Wildman–Crippen MR) is 92.5 cm³/mol. The minimum absolute atomic E-state index is 0.103. The molecule has 3 aliphatic carbocycles. The molecule has 4 aliphatic rings. The molecule has 4 fully saturated rings. The molecule has 3 heteroatoms. The van der Waals surface area contributed by atoms with E-state index in [4.69, 9.17) is 5.73 Å². The lowest BCUT2D eigenvalue weighted by Gasteiger charge is -2.66. The van der Waals surface area contributed by atoms with Crippen molar-refractivity contribution in [1.29, 1.82) is 0 Å². The third-order valence-electron chi connectivity index (χ3n) is 9.41. The Labute approximate surface area is 141 Å². The van der Waals surface area contributed by atoms with Gasteiger partial charge >= 0.3 is 0 Å². The molecule has 0 spiro atoms. The number of hydrogen-bond acceptors (Lipinski definition) is 2. The van der Waals surface area contributed by atoms with Gasteiger partial charge in [-0.25, -0.2) is 0 Å². The second-order valence-electron chi connectivity index (χ2n) is 9.73. The smallest absolute Gasteiger partial charge is 0.223 e. The summed E-state index contributed by atoms with van der Waals surface area (Å²) in [5.74, 6) is 3.56. The van der Waals surface area contributed by atoms with Crippen LogP contribution in [0.3, 0.4) is 0 Å². The molecule has 3 nitrogen and oxygen atoms in total. The molecule has 7 atom stereocenters. The molecule has 2 N–H and O–H groups in total. The van der Waals surface area contributed by atoms with Gasteiger partial charge in [-0.05, 0) is 74.0 Å². The zero-order valence-corrected chi connectivity index (χ0v) is 15.4. The van der Waals surface area contributed by atoms with Gasteiger partial charge in [0, 0.05) is 18.9 Å². The second-order valence-corrected chi connectivity index (χ2v) is 9.73. The largest absolute Gasteiger partial charge is 0.327 e. The van der Waals surface area contributed by atoms with Crippen LogP contribution in [0.15, 0.2) is 0 Å². The highest BCUT2D eigenvalue weighted by atomic mass is 16.2. The molecule has 0 aromatic rings. The lowest BCUT2D eigenvalue weighted by Crippen LogP contribution is -2.73. The minimum atomic E-state index is -0.415. The Morgan fingerprint density at radius 1 is 1.04 bits per heavy atom. The van der Waals surface area contributed by atoms with Crippen molar-refractivity contribution in [3.63, 3.8) is 0 Å². The Morgan fingerprint density at radius 3 is 2.52 bits per heavy atom. The Bertz CT molecular complexity index is 534. The van der Waals surface area contributed by atoms with E-state index in [1.54, 1.807) is 0 Å². The summed E-state index contributed by atoms with van der Waals surface area (Å²) in [4.78, 5) is 14.2. The van der Waals surface area contributed by atoms with Crippen molar-refractivity contribution in [3.05, 3.63) is 0 Å². The average molecular weight is 319 g/mol. The molecule has 0 radical (unpaired) electrons. The third-order valence-corrected chi connectivity index (χ3v) is 9.41. The van der Waals surface area contributed by atoms with Crippen LogP contribution >= 0.6 is 0 Å². The van der Waals surface area contributed by atoms with Crippen LogP contribution in [0, 0.1) is 34.5 Å². The molecule has 0 aromatic heterocycles. The maximum absolute atomic E-state index is 12.3. The van der Waals surface area contributed by atoms with Crippen molar-refractivity contribution >= 4 is 5.91 Å². The van der Waals surface area contributed by atoms with Crippen LogP contribution in [-0.2, 0) is 4.79 Å². The third kappa shape index (κ3) is 1.78. The summed E-state index contributed by atoms with van der Waals surface area (Å²) in [6.07, 6.45) is 9.41. The average Bonchev–Trinajstić information content (AvgIpc) is 2.82. The van der Waals surface area contributed by atoms with Crippen LogP contribution in [0.5, 0.6) is 0 Å². The van der Waals surface area contributed by atoms with Crippen molar-refractivity contribution in [2.45, 2.75) is 77.8 Å². The van der Waals surface area contributed by atoms with Crippen molar-refractivity contribution in [2.24, 2.45) is 40.2 Å². The van der Waals surface area contributed by atoms with Crippen LogP contribution < -0.4 is 5.73 Å². The van der Waals surface area contributed by atoms with Gasteiger partial charge in [-0.3, -0.25) is 4.79 Å². The number of carbonyl (C=O) groups excluding carboxylic acids is 1. The molecule has 1 heterocycles. The fourth-order valence-electron chi connectivity index (χ4n) is 7.45. The van der Waals surface area contributed by atoms with Crippen molar-refractivity contribution < 1.29 is 4.79 Å². The van der Waals surface area contributed by atoms with Gasteiger partial charge in [0.1, 0.15) is 0 Å². The summed E-state index contributed by atoms with van der Waals surface area (Å²) in [6, 6.07) is 0. The first-order chi connectivity index (χ1) is 10.7. The summed E-state index contributed by atoms with van der Waals surface area (Å²) in [6.45, 7) is 7.45. The molecular formula is C20H34N2O. The van der Waals surface area contributed by atoms with E-state index in [0.29, 0.717) is 17.8 Å². The number of likely N-dealkylation sites (tertiary alicyclic amines) is 1. The number of amides is 1. The Balaban J connectivity index is 1.70. The Kier molecular flexibility index (Phi) is 3.28. The number of fused-ring (bicyclic) bond motifs is 5. The molecule has 3 saturated carbocycles. The van der Waals surface area contributed by atoms with Gasteiger partial charge in [0.15, 0.2) is 0 Å². The van der Waals surface area contributed by atoms with Gasteiger partial charge in [-0.1, -0.05) is 20.8 Å². The molecule has 23 heavy (non-hydrogen) atoms. The van der Waals surface area contributed by atoms with E-state index in [0.717, 1.165) is 30.6 Å². The maximum Gasteiger partial charge on any atom is 0.223 e. The molecule has 130 valence electrons. The van der Waals surface area contributed by atoms with E-state index in [-0.39, 0.29) is 11.3 Å². The van der Waals surface area contributed by atoms with Crippen LogP contribution in [-0.4, -0.2) is 23.5 Å². The first-order valence-corrected chi connectivity index (χ1v) is 9.79. The molecule has 0 bridgehead atoms.